The molecule has 1 unspecified atom stereocenters. The number of methoxy groups -OCH3 is 1. The zero-order valence-electron chi connectivity index (χ0n) is 10.5. The lowest BCUT2D eigenvalue weighted by atomic mass is 10.2. The zero-order valence-corrected chi connectivity index (χ0v) is 10.5. The van der Waals surface area contributed by atoms with Gasteiger partial charge in [0.1, 0.15) is 0 Å². The third-order valence-corrected chi connectivity index (χ3v) is 2.62. The average molecular weight is 247 g/mol. The lowest BCUT2D eigenvalue weighted by Gasteiger charge is -2.14. The van der Waals surface area contributed by atoms with Crippen LogP contribution in [0.5, 0.6) is 0 Å². The minimum absolute atomic E-state index is 0.136. The lowest BCUT2D eigenvalue weighted by Crippen LogP contribution is -2.20. The number of ether oxygens (including phenoxy) is 1. The van der Waals surface area contributed by atoms with Gasteiger partial charge in [-0.05, 0) is 31.2 Å². The maximum absolute atomic E-state index is 11.4. The van der Waals surface area contributed by atoms with Crippen LogP contribution in [0.4, 0.5) is 5.69 Å². The summed E-state index contributed by atoms with van der Waals surface area (Å²) in [6.07, 6.45) is 3.33. The van der Waals surface area contributed by atoms with Gasteiger partial charge in [0.15, 0.2) is 0 Å². The van der Waals surface area contributed by atoms with Gasteiger partial charge in [-0.1, -0.05) is 0 Å². The molecular formula is C13H17N3O2. The van der Waals surface area contributed by atoms with Crippen molar-refractivity contribution in [3.05, 3.63) is 47.1 Å². The molecule has 1 heterocycles. The highest BCUT2D eigenvalue weighted by Gasteiger charge is 2.02. The van der Waals surface area contributed by atoms with E-state index in [1.165, 1.54) is 0 Å². The smallest absolute Gasteiger partial charge is 0.330 e. The summed E-state index contributed by atoms with van der Waals surface area (Å²) in [5.41, 5.74) is 1.71. The normalized spacial score (nSPS) is 12.3. The highest BCUT2D eigenvalue weighted by atomic mass is 16.5. The third kappa shape index (κ3) is 2.81. The van der Waals surface area contributed by atoms with Gasteiger partial charge in [-0.3, -0.25) is 4.57 Å². The zero-order chi connectivity index (χ0) is 13.0. The first-order valence-electron chi connectivity index (χ1n) is 5.82. The number of H-pyrrole nitrogens is 1. The maximum Gasteiger partial charge on any atom is 0.330 e. The van der Waals surface area contributed by atoms with Crippen molar-refractivity contribution in [3.63, 3.8) is 0 Å². The first kappa shape index (κ1) is 12.4. The summed E-state index contributed by atoms with van der Waals surface area (Å²) in [6, 6.07) is 7.94. The van der Waals surface area contributed by atoms with Gasteiger partial charge in [0, 0.05) is 31.2 Å². The Morgan fingerprint density at radius 2 is 2.11 bits per heavy atom. The molecule has 0 radical (unpaired) electrons. The molecule has 0 spiro atoms. The van der Waals surface area contributed by atoms with Gasteiger partial charge >= 0.3 is 5.69 Å². The van der Waals surface area contributed by atoms with Crippen LogP contribution in [0.25, 0.3) is 5.69 Å². The summed E-state index contributed by atoms with van der Waals surface area (Å²) in [4.78, 5) is 14.0. The number of anilines is 1. The summed E-state index contributed by atoms with van der Waals surface area (Å²) >= 11 is 0. The Balaban J connectivity index is 2.11. The van der Waals surface area contributed by atoms with Crippen molar-refractivity contribution in [1.29, 1.82) is 0 Å². The quantitative estimate of drug-likeness (QED) is 0.844. The van der Waals surface area contributed by atoms with E-state index in [-0.39, 0.29) is 11.7 Å². The number of aromatic nitrogens is 2. The van der Waals surface area contributed by atoms with Gasteiger partial charge in [0.2, 0.25) is 0 Å². The van der Waals surface area contributed by atoms with Gasteiger partial charge in [0.25, 0.3) is 0 Å². The molecular weight excluding hydrogens is 230 g/mol. The van der Waals surface area contributed by atoms with Crippen LogP contribution in [0.1, 0.15) is 6.92 Å². The molecule has 0 saturated heterocycles. The highest BCUT2D eigenvalue weighted by Crippen LogP contribution is 2.12. The minimum atomic E-state index is -0.136. The Bertz CT molecular complexity index is 542. The second kappa shape index (κ2) is 5.55. The average Bonchev–Trinajstić information content (AvgIpc) is 2.77. The topological polar surface area (TPSA) is 59.0 Å². The highest BCUT2D eigenvalue weighted by molar-refractivity contribution is 5.49. The summed E-state index contributed by atoms with van der Waals surface area (Å²) in [6.45, 7) is 2.70. The number of imidazole rings is 1. The van der Waals surface area contributed by atoms with Crippen LogP contribution in [0.2, 0.25) is 0 Å². The predicted octanol–water partition coefficient (Wildman–Crippen LogP) is 1.61. The lowest BCUT2D eigenvalue weighted by molar-refractivity contribution is 0.190. The Hall–Kier alpha value is -2.01. The summed E-state index contributed by atoms with van der Waals surface area (Å²) in [5, 5.41) is 3.31. The van der Waals surface area contributed by atoms with E-state index in [0.29, 0.717) is 6.61 Å². The van der Waals surface area contributed by atoms with E-state index >= 15 is 0 Å². The predicted molar refractivity (Wildman–Crippen MR) is 71.4 cm³/mol. The second-order valence-electron chi connectivity index (χ2n) is 4.18. The number of hydrogen-bond donors (Lipinski definition) is 2. The van der Waals surface area contributed by atoms with Crippen LogP contribution in [-0.2, 0) is 4.74 Å². The van der Waals surface area contributed by atoms with Gasteiger partial charge in [-0.25, -0.2) is 4.79 Å². The van der Waals surface area contributed by atoms with Crippen molar-refractivity contribution in [2.75, 3.05) is 19.0 Å². The SMILES string of the molecule is COCC(C)Nc1ccc(-n2cc[nH]c2=O)cc1. The molecule has 2 N–H and O–H groups in total. The Labute approximate surface area is 105 Å². The molecule has 2 rings (SSSR count). The van der Waals surface area contributed by atoms with E-state index in [2.05, 4.69) is 10.3 Å². The van der Waals surface area contributed by atoms with Crippen molar-refractivity contribution >= 4 is 5.69 Å². The van der Waals surface area contributed by atoms with Gasteiger partial charge < -0.3 is 15.0 Å². The molecule has 0 amide bonds. The van der Waals surface area contributed by atoms with Crippen LogP contribution < -0.4 is 11.0 Å². The van der Waals surface area contributed by atoms with E-state index in [4.69, 9.17) is 4.74 Å². The number of benzene rings is 1. The van der Waals surface area contributed by atoms with Gasteiger partial charge in [0.05, 0.1) is 12.3 Å². The molecule has 0 fully saturated rings. The van der Waals surface area contributed by atoms with Crippen molar-refractivity contribution in [2.45, 2.75) is 13.0 Å². The number of nitrogens with zero attached hydrogens (tertiary/aromatic N) is 1. The second-order valence-corrected chi connectivity index (χ2v) is 4.18. The van der Waals surface area contributed by atoms with E-state index in [9.17, 15) is 4.79 Å². The third-order valence-electron chi connectivity index (χ3n) is 2.62. The standard InChI is InChI=1S/C13H17N3O2/c1-10(9-18-2)15-11-3-5-12(6-4-11)16-8-7-14-13(16)17/h3-8,10,15H,9H2,1-2H3,(H,14,17). The van der Waals surface area contributed by atoms with Crippen LogP contribution in [0, 0.1) is 0 Å². The van der Waals surface area contributed by atoms with Gasteiger partial charge in [-0.2, -0.15) is 0 Å². The fraction of sp³-hybridized carbons (Fsp3) is 0.308. The van der Waals surface area contributed by atoms with Crippen LogP contribution >= 0.6 is 0 Å². The first-order chi connectivity index (χ1) is 8.70. The van der Waals surface area contributed by atoms with Gasteiger partial charge in [-0.15, -0.1) is 0 Å². The van der Waals surface area contributed by atoms with E-state index in [0.717, 1.165) is 11.4 Å². The van der Waals surface area contributed by atoms with Crippen molar-refractivity contribution in [1.82, 2.24) is 9.55 Å². The fourth-order valence-electron chi connectivity index (χ4n) is 1.82. The Morgan fingerprint density at radius 1 is 1.39 bits per heavy atom. The summed E-state index contributed by atoms with van der Waals surface area (Å²) in [5.74, 6) is 0. The van der Waals surface area contributed by atoms with Crippen molar-refractivity contribution in [3.8, 4) is 5.69 Å². The molecule has 2 aromatic rings. The molecule has 0 aliphatic carbocycles. The van der Waals surface area contributed by atoms with Crippen LogP contribution in [0.15, 0.2) is 41.5 Å². The van der Waals surface area contributed by atoms with Crippen molar-refractivity contribution in [2.24, 2.45) is 0 Å². The number of nitrogens with one attached hydrogen (secondary N) is 2. The summed E-state index contributed by atoms with van der Waals surface area (Å²) < 4.78 is 6.62. The van der Waals surface area contributed by atoms with E-state index in [1.54, 1.807) is 24.1 Å². The molecule has 5 heteroatoms. The Morgan fingerprint density at radius 3 is 2.67 bits per heavy atom. The fourth-order valence-corrected chi connectivity index (χ4v) is 1.82. The van der Waals surface area contributed by atoms with Crippen LogP contribution in [0.3, 0.4) is 0 Å². The molecule has 1 aromatic heterocycles. The molecule has 1 atom stereocenters. The number of aromatic amines is 1. The molecule has 0 aliphatic rings. The summed E-state index contributed by atoms with van der Waals surface area (Å²) in [7, 11) is 1.68. The maximum atomic E-state index is 11.4. The molecule has 5 nitrogen and oxygen atoms in total. The van der Waals surface area contributed by atoms with Crippen LogP contribution in [-0.4, -0.2) is 29.3 Å². The van der Waals surface area contributed by atoms with Crippen molar-refractivity contribution < 1.29 is 4.74 Å². The Kier molecular flexibility index (Phi) is 3.84. The monoisotopic (exact) mass is 247 g/mol. The molecule has 0 aliphatic heterocycles. The minimum Gasteiger partial charge on any atom is -0.383 e. The molecule has 0 saturated carbocycles. The first-order valence-corrected chi connectivity index (χ1v) is 5.82. The molecule has 96 valence electrons. The van der Waals surface area contributed by atoms with E-state index in [1.807, 2.05) is 31.2 Å². The molecule has 1 aromatic carbocycles. The number of hydrogen-bond acceptors (Lipinski definition) is 3. The molecule has 18 heavy (non-hydrogen) atoms. The van der Waals surface area contributed by atoms with E-state index < -0.39 is 0 Å². The largest absolute Gasteiger partial charge is 0.383 e. The number of rotatable bonds is 5. The molecule has 0 bridgehead atoms.